The lowest BCUT2D eigenvalue weighted by Crippen LogP contribution is -2.52. The lowest BCUT2D eigenvalue weighted by atomic mass is 9.44. The van der Waals surface area contributed by atoms with Crippen molar-refractivity contribution in [1.29, 1.82) is 0 Å². The van der Waals surface area contributed by atoms with E-state index in [2.05, 4.69) is 47.3 Å². The summed E-state index contributed by atoms with van der Waals surface area (Å²) in [4.78, 5) is 22.7. The molecule has 2 N–H and O–H groups in total. The Labute approximate surface area is 206 Å². The van der Waals surface area contributed by atoms with E-state index in [0.717, 1.165) is 25.7 Å². The van der Waals surface area contributed by atoms with Crippen LogP contribution in [0, 0.1) is 39.9 Å². The van der Waals surface area contributed by atoms with E-state index in [1.54, 1.807) is 6.92 Å². The fourth-order valence-electron chi connectivity index (χ4n) is 8.44. The van der Waals surface area contributed by atoms with E-state index in [9.17, 15) is 14.7 Å². The minimum Gasteiger partial charge on any atom is -0.481 e. The average molecular weight is 471 g/mol. The average Bonchev–Trinajstić information content (AvgIpc) is 3.03. The number of allylic oxidation sites excluding steroid dienone is 4. The van der Waals surface area contributed by atoms with E-state index >= 15 is 0 Å². The normalized spacial score (nSPS) is 38.5. The molecule has 4 heteroatoms. The van der Waals surface area contributed by atoms with Gasteiger partial charge in [0.2, 0.25) is 0 Å². The van der Waals surface area contributed by atoms with E-state index in [0.29, 0.717) is 35.7 Å². The maximum atomic E-state index is 11.5. The van der Waals surface area contributed by atoms with Crippen LogP contribution in [0.3, 0.4) is 0 Å². The van der Waals surface area contributed by atoms with Gasteiger partial charge in [-0.25, -0.2) is 4.79 Å². The third kappa shape index (κ3) is 4.42. The van der Waals surface area contributed by atoms with Crippen molar-refractivity contribution in [2.24, 2.45) is 39.9 Å². The smallest absolute Gasteiger partial charge is 0.330 e. The van der Waals surface area contributed by atoms with E-state index in [1.807, 2.05) is 6.08 Å². The number of carboxylic acids is 2. The Kier molecular flexibility index (Phi) is 7.60. The molecule has 0 spiro atoms. The van der Waals surface area contributed by atoms with Crippen LogP contribution < -0.4 is 0 Å². The summed E-state index contributed by atoms with van der Waals surface area (Å²) in [5.41, 5.74) is 3.45. The van der Waals surface area contributed by atoms with Crippen LogP contribution >= 0.6 is 0 Å². The number of aliphatic carboxylic acids is 2. The summed E-state index contributed by atoms with van der Waals surface area (Å²) < 4.78 is 0. The highest BCUT2D eigenvalue weighted by molar-refractivity contribution is 5.85. The first kappa shape index (κ1) is 26.8. The van der Waals surface area contributed by atoms with Crippen LogP contribution in [0.1, 0.15) is 99.3 Å². The molecular weight excluding hydrogens is 424 g/mol. The SMILES string of the molecule is C=C(C)[C@@H]1CC[C@@H]2C(=CC[C@]3(C)[C@@H]([C@H](C)CC/C=C(\C)C(=O)O)CC[C@@]23C)[C@@]1(C)CCC(=O)O. The molecule has 0 saturated heterocycles. The van der Waals surface area contributed by atoms with Gasteiger partial charge in [0, 0.05) is 12.0 Å². The lowest BCUT2D eigenvalue weighted by molar-refractivity contribution is -0.138. The van der Waals surface area contributed by atoms with Crippen LogP contribution in [-0.2, 0) is 9.59 Å². The molecule has 0 bridgehead atoms. The van der Waals surface area contributed by atoms with Gasteiger partial charge >= 0.3 is 11.9 Å². The molecule has 0 amide bonds. The molecule has 0 aliphatic heterocycles. The van der Waals surface area contributed by atoms with Crippen LogP contribution in [0.25, 0.3) is 0 Å². The highest BCUT2D eigenvalue weighted by Crippen LogP contribution is 2.71. The van der Waals surface area contributed by atoms with Crippen molar-refractivity contribution in [3.05, 3.63) is 35.5 Å². The zero-order chi connectivity index (χ0) is 25.5. The molecule has 190 valence electrons. The van der Waals surface area contributed by atoms with Gasteiger partial charge in [-0.1, -0.05) is 57.6 Å². The van der Waals surface area contributed by atoms with Crippen molar-refractivity contribution in [1.82, 2.24) is 0 Å². The third-order valence-electron chi connectivity index (χ3n) is 10.7. The van der Waals surface area contributed by atoms with E-state index in [1.165, 1.54) is 30.4 Å². The molecule has 0 aromatic heterocycles. The molecule has 3 aliphatic rings. The summed E-state index contributed by atoms with van der Waals surface area (Å²) in [7, 11) is 0. The minimum absolute atomic E-state index is 0.125. The highest BCUT2D eigenvalue weighted by atomic mass is 16.4. The number of hydrogen-bond donors (Lipinski definition) is 2. The lowest BCUT2D eigenvalue weighted by Gasteiger charge is -2.60. The second-order valence-corrected chi connectivity index (χ2v) is 12.4. The summed E-state index contributed by atoms with van der Waals surface area (Å²) in [5, 5.41) is 18.6. The van der Waals surface area contributed by atoms with E-state index in [4.69, 9.17) is 5.11 Å². The number of hydrogen-bond acceptors (Lipinski definition) is 2. The fraction of sp³-hybridized carbons (Fsp3) is 0.733. The van der Waals surface area contributed by atoms with Crippen LogP contribution in [0.5, 0.6) is 0 Å². The first-order valence-corrected chi connectivity index (χ1v) is 13.3. The predicted molar refractivity (Wildman–Crippen MR) is 137 cm³/mol. The zero-order valence-corrected chi connectivity index (χ0v) is 22.2. The Balaban J connectivity index is 1.89. The summed E-state index contributed by atoms with van der Waals surface area (Å²) >= 11 is 0. The molecule has 0 aromatic rings. The molecule has 2 fully saturated rings. The van der Waals surface area contributed by atoms with Gasteiger partial charge < -0.3 is 10.2 Å². The minimum atomic E-state index is -0.825. The molecule has 0 radical (unpaired) electrons. The topological polar surface area (TPSA) is 74.6 Å². The molecule has 3 aliphatic carbocycles. The van der Waals surface area contributed by atoms with Gasteiger partial charge in [-0.3, -0.25) is 4.79 Å². The first-order chi connectivity index (χ1) is 15.8. The van der Waals surface area contributed by atoms with Gasteiger partial charge in [0.15, 0.2) is 0 Å². The molecule has 0 unspecified atom stereocenters. The number of carboxylic acid groups (broad SMARTS) is 2. The van der Waals surface area contributed by atoms with Crippen LogP contribution in [0.2, 0.25) is 0 Å². The molecular formula is C30H46O4. The quantitative estimate of drug-likeness (QED) is 0.268. The van der Waals surface area contributed by atoms with Crippen LogP contribution in [0.15, 0.2) is 35.5 Å². The summed E-state index contributed by atoms with van der Waals surface area (Å²) in [6.45, 7) is 17.8. The van der Waals surface area contributed by atoms with Crippen molar-refractivity contribution in [3.63, 3.8) is 0 Å². The van der Waals surface area contributed by atoms with Crippen LogP contribution in [0.4, 0.5) is 0 Å². The van der Waals surface area contributed by atoms with Gasteiger partial charge in [0.05, 0.1) is 0 Å². The van der Waals surface area contributed by atoms with E-state index < -0.39 is 11.9 Å². The Bertz CT molecular complexity index is 897. The molecule has 3 rings (SSSR count). The van der Waals surface area contributed by atoms with Gasteiger partial charge in [0.25, 0.3) is 0 Å². The number of fused-ring (bicyclic) bond motifs is 3. The molecule has 7 atom stereocenters. The van der Waals surface area contributed by atoms with Gasteiger partial charge in [-0.15, -0.1) is 0 Å². The monoisotopic (exact) mass is 470 g/mol. The number of carbonyl (C=O) groups is 2. The standard InChI is InChI=1S/C30H46O4/c1-19(2)22-11-12-25-24(28(22,5)16-15-26(31)32)14-18-29(6)23(13-17-30(25,29)7)20(3)9-8-10-21(4)27(33)34/h10,14,20,22-23,25H,1,8-9,11-13,15-18H2,2-7H3,(H,31,32)(H,33,34)/b21-10+/t20-,22+,23-,25-,28+,29-,30+/m1/s1. The molecule has 0 aromatic carbocycles. The summed E-state index contributed by atoms with van der Waals surface area (Å²) in [5.74, 6) is 0.491. The van der Waals surface area contributed by atoms with E-state index in [-0.39, 0.29) is 22.7 Å². The molecule has 2 saturated carbocycles. The summed E-state index contributed by atoms with van der Waals surface area (Å²) in [6.07, 6.45) is 12.9. The van der Waals surface area contributed by atoms with Crippen molar-refractivity contribution in [2.45, 2.75) is 99.3 Å². The zero-order valence-electron chi connectivity index (χ0n) is 22.2. The molecule has 34 heavy (non-hydrogen) atoms. The van der Waals surface area contributed by atoms with Crippen molar-refractivity contribution in [2.75, 3.05) is 0 Å². The van der Waals surface area contributed by atoms with Crippen LogP contribution in [-0.4, -0.2) is 22.2 Å². The number of rotatable bonds is 9. The maximum absolute atomic E-state index is 11.5. The first-order valence-electron chi connectivity index (χ1n) is 13.3. The highest BCUT2D eigenvalue weighted by Gasteiger charge is 2.63. The Hall–Kier alpha value is -1.84. The fourth-order valence-corrected chi connectivity index (χ4v) is 8.44. The molecule has 0 heterocycles. The maximum Gasteiger partial charge on any atom is 0.330 e. The third-order valence-corrected chi connectivity index (χ3v) is 10.7. The van der Waals surface area contributed by atoms with Crippen molar-refractivity contribution in [3.8, 4) is 0 Å². The van der Waals surface area contributed by atoms with Gasteiger partial charge in [-0.2, -0.15) is 0 Å². The second-order valence-electron chi connectivity index (χ2n) is 12.4. The molecule has 4 nitrogen and oxygen atoms in total. The Morgan fingerprint density at radius 2 is 1.82 bits per heavy atom. The predicted octanol–water partition coefficient (Wildman–Crippen LogP) is 7.66. The second kappa shape index (κ2) is 9.66. The largest absolute Gasteiger partial charge is 0.481 e. The Morgan fingerprint density at radius 1 is 1.15 bits per heavy atom. The summed E-state index contributed by atoms with van der Waals surface area (Å²) in [6, 6.07) is 0. The van der Waals surface area contributed by atoms with Crippen molar-refractivity contribution >= 4 is 11.9 Å². The van der Waals surface area contributed by atoms with Gasteiger partial charge in [-0.05, 0) is 105 Å². The van der Waals surface area contributed by atoms with Gasteiger partial charge in [0.1, 0.15) is 0 Å². The van der Waals surface area contributed by atoms with Crippen molar-refractivity contribution < 1.29 is 19.8 Å². The Morgan fingerprint density at radius 3 is 2.41 bits per heavy atom.